The number of hydrogen-bond acceptors (Lipinski definition) is 9. The van der Waals surface area contributed by atoms with Gasteiger partial charge >= 0.3 is 0 Å². The number of rotatable bonds is 20. The van der Waals surface area contributed by atoms with Gasteiger partial charge in [0.1, 0.15) is 11.0 Å². The molecule has 1 aromatic carbocycles. The van der Waals surface area contributed by atoms with E-state index in [0.29, 0.717) is 19.4 Å². The van der Waals surface area contributed by atoms with Crippen molar-refractivity contribution < 1.29 is 28.7 Å². The molecule has 1 fully saturated rings. The van der Waals surface area contributed by atoms with Gasteiger partial charge in [0.2, 0.25) is 23.6 Å². The fourth-order valence-corrected chi connectivity index (χ4v) is 7.92. The molecular weight excluding hydrogens is 693 g/mol. The third-order valence-electron chi connectivity index (χ3n) is 11.0. The standard InChI is InChI=1S/C40H64N6O6S/c1-12-26(4)34(45(9)38(49)33(25(2)3)44-39(50)40(6,7)41-8)31(51-10)24-32(47)46-21-16-19-30(46)35(52-11)27(5)36(48)43-29(37-42-20-22-53-37)23-28-17-14-13-15-18-28/h13-15,17-18,20,22,25-27,29-31,33-35,41H,12,16,19,21,23-24H2,1-11H3,(H,43,48)(H,44,50)/t26-,27?,29-,30-,31+,33-,34-,35+/m0/s1. The van der Waals surface area contributed by atoms with Crippen molar-refractivity contribution in [2.75, 3.05) is 34.9 Å². The fraction of sp³-hybridized carbons (Fsp3) is 0.675. The molecule has 296 valence electrons. The zero-order valence-electron chi connectivity index (χ0n) is 33.7. The number of methoxy groups -OCH3 is 2. The van der Waals surface area contributed by atoms with E-state index in [9.17, 15) is 19.2 Å². The number of hydrogen-bond donors (Lipinski definition) is 3. The van der Waals surface area contributed by atoms with E-state index in [2.05, 4.69) is 27.9 Å². The first kappa shape index (κ1) is 44.0. The van der Waals surface area contributed by atoms with Crippen LogP contribution in [0.3, 0.4) is 0 Å². The summed E-state index contributed by atoms with van der Waals surface area (Å²) in [5, 5.41) is 11.9. The topological polar surface area (TPSA) is 142 Å². The first-order valence-corrected chi connectivity index (χ1v) is 19.8. The SMILES string of the molecule is CC[C@H](C)[C@@H]([C@@H](CC(=O)N1CCC[C@H]1[C@H](OC)C(C)C(=O)N[C@@H](Cc1ccccc1)c1nccs1)OC)N(C)C(=O)[C@@H](NC(=O)C(C)(C)NC)C(C)C. The maximum Gasteiger partial charge on any atom is 0.245 e. The molecule has 12 nitrogen and oxygen atoms in total. The summed E-state index contributed by atoms with van der Waals surface area (Å²) < 4.78 is 12.0. The Hall–Kier alpha value is -3.39. The largest absolute Gasteiger partial charge is 0.379 e. The molecule has 1 aliphatic rings. The van der Waals surface area contributed by atoms with Gasteiger partial charge in [-0.15, -0.1) is 11.3 Å². The van der Waals surface area contributed by atoms with Crippen LogP contribution in [0.5, 0.6) is 0 Å². The molecule has 1 aliphatic heterocycles. The predicted octanol–water partition coefficient (Wildman–Crippen LogP) is 4.60. The summed E-state index contributed by atoms with van der Waals surface area (Å²) in [6.45, 7) is 13.8. The van der Waals surface area contributed by atoms with Gasteiger partial charge in [-0.05, 0) is 57.6 Å². The number of carbonyl (C=O) groups is 4. The molecule has 2 aromatic rings. The Labute approximate surface area is 321 Å². The second-order valence-corrected chi connectivity index (χ2v) is 16.2. The lowest BCUT2D eigenvalue weighted by Gasteiger charge is -2.41. The van der Waals surface area contributed by atoms with Gasteiger partial charge < -0.3 is 35.2 Å². The number of likely N-dealkylation sites (tertiary alicyclic amines) is 1. The third-order valence-corrected chi connectivity index (χ3v) is 11.9. The van der Waals surface area contributed by atoms with E-state index < -0.39 is 35.7 Å². The van der Waals surface area contributed by atoms with Crippen molar-refractivity contribution in [3.63, 3.8) is 0 Å². The van der Waals surface area contributed by atoms with E-state index >= 15 is 0 Å². The minimum atomic E-state index is -0.862. The van der Waals surface area contributed by atoms with Gasteiger partial charge in [-0.2, -0.15) is 0 Å². The molecule has 0 aliphatic carbocycles. The minimum Gasteiger partial charge on any atom is -0.379 e. The summed E-state index contributed by atoms with van der Waals surface area (Å²) in [5.74, 6) is -1.52. The lowest BCUT2D eigenvalue weighted by Crippen LogP contribution is -2.61. The van der Waals surface area contributed by atoms with E-state index in [-0.39, 0.29) is 54.0 Å². The van der Waals surface area contributed by atoms with Gasteiger partial charge in [0.25, 0.3) is 0 Å². The quantitative estimate of drug-likeness (QED) is 0.178. The van der Waals surface area contributed by atoms with Gasteiger partial charge in [-0.1, -0.05) is 71.4 Å². The van der Waals surface area contributed by atoms with Crippen molar-refractivity contribution in [3.8, 4) is 0 Å². The lowest BCUT2D eigenvalue weighted by atomic mass is 9.89. The van der Waals surface area contributed by atoms with Gasteiger partial charge in [-0.3, -0.25) is 19.2 Å². The van der Waals surface area contributed by atoms with Crippen LogP contribution in [0.25, 0.3) is 0 Å². The highest BCUT2D eigenvalue weighted by molar-refractivity contribution is 7.09. The maximum absolute atomic E-state index is 14.2. The Balaban J connectivity index is 1.78. The lowest BCUT2D eigenvalue weighted by molar-refractivity contribution is -0.148. The Kier molecular flexibility index (Phi) is 16.9. The minimum absolute atomic E-state index is 0.00885. The molecule has 2 heterocycles. The molecule has 1 unspecified atom stereocenters. The second-order valence-electron chi connectivity index (χ2n) is 15.3. The average Bonchev–Trinajstić information content (AvgIpc) is 3.87. The van der Waals surface area contributed by atoms with Crippen molar-refractivity contribution in [2.24, 2.45) is 17.8 Å². The molecule has 0 radical (unpaired) electrons. The average molecular weight is 757 g/mol. The maximum atomic E-state index is 14.2. The van der Waals surface area contributed by atoms with Crippen LogP contribution in [0.1, 0.15) is 90.8 Å². The molecule has 3 rings (SSSR count). The van der Waals surface area contributed by atoms with E-state index in [1.807, 2.05) is 68.3 Å². The number of benzene rings is 1. The highest BCUT2D eigenvalue weighted by Gasteiger charge is 2.43. The zero-order valence-corrected chi connectivity index (χ0v) is 34.5. The Morgan fingerprint density at radius 1 is 1.06 bits per heavy atom. The van der Waals surface area contributed by atoms with Crippen LogP contribution in [0.2, 0.25) is 0 Å². The molecule has 1 saturated heterocycles. The number of amides is 4. The Morgan fingerprint density at radius 3 is 2.28 bits per heavy atom. The van der Waals surface area contributed by atoms with Gasteiger partial charge in [0.15, 0.2) is 0 Å². The normalized spacial score (nSPS) is 18.8. The molecule has 0 saturated carbocycles. The Bertz CT molecular complexity index is 1460. The number of nitrogens with zero attached hydrogens (tertiary/aromatic N) is 3. The van der Waals surface area contributed by atoms with Crippen molar-refractivity contribution in [1.82, 2.24) is 30.7 Å². The number of ether oxygens (including phenoxy) is 2. The van der Waals surface area contributed by atoms with E-state index in [0.717, 1.165) is 23.4 Å². The molecule has 13 heteroatoms. The molecule has 0 bridgehead atoms. The van der Waals surface area contributed by atoms with Crippen LogP contribution in [-0.2, 0) is 35.1 Å². The highest BCUT2D eigenvalue weighted by Crippen LogP contribution is 2.30. The van der Waals surface area contributed by atoms with Crippen molar-refractivity contribution in [1.29, 1.82) is 0 Å². The van der Waals surface area contributed by atoms with Crippen LogP contribution in [0.4, 0.5) is 0 Å². The van der Waals surface area contributed by atoms with Gasteiger partial charge in [0.05, 0.1) is 48.2 Å². The van der Waals surface area contributed by atoms with Crippen molar-refractivity contribution >= 4 is 35.0 Å². The summed E-state index contributed by atoms with van der Waals surface area (Å²) in [6, 6.07) is 8.19. The van der Waals surface area contributed by atoms with E-state index in [1.165, 1.54) is 11.3 Å². The molecule has 8 atom stereocenters. The molecule has 1 aromatic heterocycles. The van der Waals surface area contributed by atoms with Crippen LogP contribution < -0.4 is 16.0 Å². The van der Waals surface area contributed by atoms with Crippen LogP contribution >= 0.6 is 11.3 Å². The van der Waals surface area contributed by atoms with Gasteiger partial charge in [0, 0.05) is 39.4 Å². The third kappa shape index (κ3) is 11.3. The van der Waals surface area contributed by atoms with E-state index in [4.69, 9.17) is 9.47 Å². The van der Waals surface area contributed by atoms with Crippen LogP contribution in [0.15, 0.2) is 41.9 Å². The monoisotopic (exact) mass is 756 g/mol. The molecule has 3 N–H and O–H groups in total. The molecule has 53 heavy (non-hydrogen) atoms. The summed E-state index contributed by atoms with van der Waals surface area (Å²) in [7, 11) is 6.61. The molecular formula is C40H64N6O6S. The number of nitrogens with one attached hydrogen (secondary N) is 3. The summed E-state index contributed by atoms with van der Waals surface area (Å²) in [6.07, 6.45) is 3.47. The number of likely N-dealkylation sites (N-methyl/N-ethyl adjacent to an activating group) is 2. The van der Waals surface area contributed by atoms with Crippen molar-refractivity contribution in [2.45, 2.75) is 122 Å². The van der Waals surface area contributed by atoms with Crippen LogP contribution in [0, 0.1) is 17.8 Å². The number of carbonyl (C=O) groups excluding carboxylic acids is 4. The predicted molar refractivity (Wildman–Crippen MR) is 209 cm³/mol. The number of aromatic nitrogens is 1. The second kappa shape index (κ2) is 20.3. The summed E-state index contributed by atoms with van der Waals surface area (Å²) in [4.78, 5) is 63.3. The first-order valence-electron chi connectivity index (χ1n) is 19.0. The summed E-state index contributed by atoms with van der Waals surface area (Å²) >= 11 is 1.50. The first-order chi connectivity index (χ1) is 25.1. The van der Waals surface area contributed by atoms with Gasteiger partial charge in [-0.25, -0.2) is 4.98 Å². The highest BCUT2D eigenvalue weighted by atomic mass is 32.1. The Morgan fingerprint density at radius 2 is 1.74 bits per heavy atom. The number of thiazole rings is 1. The molecule has 0 spiro atoms. The molecule has 4 amide bonds. The van der Waals surface area contributed by atoms with Crippen molar-refractivity contribution in [3.05, 3.63) is 52.5 Å². The van der Waals surface area contributed by atoms with E-state index in [1.54, 1.807) is 53.3 Å². The van der Waals surface area contributed by atoms with Crippen LogP contribution in [-0.4, -0.2) is 109 Å². The zero-order chi connectivity index (χ0) is 39.5. The smallest absolute Gasteiger partial charge is 0.245 e. The summed E-state index contributed by atoms with van der Waals surface area (Å²) in [5.41, 5.74) is 0.230. The fourth-order valence-electron chi connectivity index (χ4n) is 7.23.